The molecule has 0 atom stereocenters. The van der Waals surface area contributed by atoms with Gasteiger partial charge in [0.05, 0.1) is 34.7 Å². The normalized spacial score (nSPS) is 14.4. The van der Waals surface area contributed by atoms with Crippen LogP contribution in [0.25, 0.3) is 17.4 Å². The lowest BCUT2D eigenvalue weighted by atomic mass is 9.98. The van der Waals surface area contributed by atoms with Crippen molar-refractivity contribution in [2.45, 2.75) is 27.7 Å². The van der Waals surface area contributed by atoms with Crippen molar-refractivity contribution in [2.24, 2.45) is 5.10 Å². The molecule has 0 saturated heterocycles. The maximum absolute atomic E-state index is 13.0. The number of anilines is 1. The number of hydrazone groups is 1. The van der Waals surface area contributed by atoms with Gasteiger partial charge in [-0.25, -0.2) is 9.59 Å². The lowest BCUT2D eigenvalue weighted by Gasteiger charge is -2.11. The molecular formula is C27H24N2O6. The molecule has 35 heavy (non-hydrogen) atoms. The number of furan rings is 1. The number of ether oxygens (including phenoxy) is 1. The van der Waals surface area contributed by atoms with E-state index in [4.69, 9.17) is 14.3 Å². The van der Waals surface area contributed by atoms with Crippen LogP contribution in [0.4, 0.5) is 5.69 Å². The van der Waals surface area contributed by atoms with E-state index in [2.05, 4.69) is 5.10 Å². The van der Waals surface area contributed by atoms with E-state index in [9.17, 15) is 14.4 Å². The number of esters is 1. The number of amides is 1. The fourth-order valence-corrected chi connectivity index (χ4v) is 3.72. The number of aryl methyl sites for hydroxylation is 2. The monoisotopic (exact) mass is 472 g/mol. The molecule has 0 radical (unpaired) electrons. The minimum Gasteiger partial charge on any atom is -0.478 e. The molecule has 1 aliphatic rings. The molecule has 8 heteroatoms. The molecule has 4 rings (SSSR count). The molecule has 0 aliphatic carbocycles. The Labute approximate surface area is 202 Å². The van der Waals surface area contributed by atoms with Crippen LogP contribution in [0.1, 0.15) is 51.5 Å². The molecule has 178 valence electrons. The average Bonchev–Trinajstić information content (AvgIpc) is 3.41. The Morgan fingerprint density at radius 3 is 2.40 bits per heavy atom. The van der Waals surface area contributed by atoms with Crippen LogP contribution in [0, 0.1) is 13.8 Å². The summed E-state index contributed by atoms with van der Waals surface area (Å²) in [5, 5.41) is 14.6. The number of rotatable bonds is 6. The van der Waals surface area contributed by atoms with Crippen molar-refractivity contribution in [2.75, 3.05) is 11.6 Å². The predicted octanol–water partition coefficient (Wildman–Crippen LogP) is 5.24. The Morgan fingerprint density at radius 1 is 1.06 bits per heavy atom. The van der Waals surface area contributed by atoms with E-state index in [-0.39, 0.29) is 18.1 Å². The molecule has 1 aliphatic heterocycles. The first-order valence-electron chi connectivity index (χ1n) is 11.0. The molecule has 1 N–H and O–H groups in total. The summed E-state index contributed by atoms with van der Waals surface area (Å²) in [6, 6.07) is 13.0. The molecule has 8 nitrogen and oxygen atoms in total. The number of nitrogens with zero attached hydrogens (tertiary/aromatic N) is 2. The molecule has 1 amide bonds. The summed E-state index contributed by atoms with van der Waals surface area (Å²) in [4.78, 5) is 36.6. The number of hydrogen-bond donors (Lipinski definition) is 1. The van der Waals surface area contributed by atoms with Crippen LogP contribution in [0.5, 0.6) is 0 Å². The maximum atomic E-state index is 13.0. The summed E-state index contributed by atoms with van der Waals surface area (Å²) >= 11 is 0. The van der Waals surface area contributed by atoms with Gasteiger partial charge in [0.1, 0.15) is 11.5 Å². The second-order valence-electron chi connectivity index (χ2n) is 8.12. The minimum absolute atomic E-state index is 0.119. The van der Waals surface area contributed by atoms with Crippen molar-refractivity contribution < 1.29 is 28.6 Å². The van der Waals surface area contributed by atoms with Gasteiger partial charge in [-0.05, 0) is 93.4 Å². The van der Waals surface area contributed by atoms with Crippen LogP contribution < -0.4 is 5.01 Å². The number of carboxylic acids is 1. The number of hydrogen-bond acceptors (Lipinski definition) is 6. The lowest BCUT2D eigenvalue weighted by Crippen LogP contribution is -2.21. The highest BCUT2D eigenvalue weighted by Gasteiger charge is 2.29. The molecule has 0 fully saturated rings. The summed E-state index contributed by atoms with van der Waals surface area (Å²) in [6.45, 7) is 7.60. The highest BCUT2D eigenvalue weighted by molar-refractivity contribution is 6.32. The molecule has 0 unspecified atom stereocenters. The van der Waals surface area contributed by atoms with E-state index in [0.717, 1.165) is 11.1 Å². The molecule has 2 heterocycles. The van der Waals surface area contributed by atoms with Crippen molar-refractivity contribution >= 4 is 35.3 Å². The van der Waals surface area contributed by atoms with Gasteiger partial charge < -0.3 is 14.3 Å². The standard InChI is InChI=1S/C27H24N2O6/c1-5-34-27(33)23-13-16(3)15(2)12-22(23)24-11-10-20(35-24)14-21-17(4)28-29(25(21)30)19-8-6-18(7-9-19)26(31)32/h6-14H,5H2,1-4H3,(H,31,32)/b21-14-. The van der Waals surface area contributed by atoms with Gasteiger partial charge in [0.15, 0.2) is 0 Å². The van der Waals surface area contributed by atoms with Gasteiger partial charge in [0.2, 0.25) is 0 Å². The van der Waals surface area contributed by atoms with Crippen molar-refractivity contribution in [1.82, 2.24) is 0 Å². The zero-order chi connectivity index (χ0) is 25.3. The van der Waals surface area contributed by atoms with Crippen molar-refractivity contribution in [3.63, 3.8) is 0 Å². The first-order valence-corrected chi connectivity index (χ1v) is 11.0. The topological polar surface area (TPSA) is 109 Å². The number of benzene rings is 2. The van der Waals surface area contributed by atoms with E-state index >= 15 is 0 Å². The van der Waals surface area contributed by atoms with Crippen LogP contribution in [-0.2, 0) is 9.53 Å². The minimum atomic E-state index is -1.05. The Kier molecular flexibility index (Phi) is 6.38. The van der Waals surface area contributed by atoms with Crippen molar-refractivity contribution in [3.8, 4) is 11.3 Å². The lowest BCUT2D eigenvalue weighted by molar-refractivity contribution is -0.114. The van der Waals surface area contributed by atoms with Crippen molar-refractivity contribution in [1.29, 1.82) is 0 Å². The van der Waals surface area contributed by atoms with Gasteiger partial charge in [-0.15, -0.1) is 0 Å². The molecule has 3 aromatic rings. The van der Waals surface area contributed by atoms with E-state index < -0.39 is 11.9 Å². The summed E-state index contributed by atoms with van der Waals surface area (Å²) in [7, 11) is 0. The van der Waals surface area contributed by atoms with Crippen LogP contribution in [0.15, 0.2) is 63.6 Å². The van der Waals surface area contributed by atoms with Crippen LogP contribution >= 0.6 is 0 Å². The zero-order valence-electron chi connectivity index (χ0n) is 19.8. The Morgan fingerprint density at radius 2 is 1.74 bits per heavy atom. The SMILES string of the molecule is CCOC(=O)c1cc(C)c(C)cc1-c1ccc(/C=C2\C(=O)N(c3ccc(C(=O)O)cc3)N=C2C)o1. The fraction of sp³-hybridized carbons (Fsp3) is 0.185. The highest BCUT2D eigenvalue weighted by Crippen LogP contribution is 2.31. The number of carbonyl (C=O) groups is 3. The molecular weight excluding hydrogens is 448 g/mol. The van der Waals surface area contributed by atoms with E-state index in [1.165, 1.54) is 29.3 Å². The maximum Gasteiger partial charge on any atom is 0.338 e. The largest absolute Gasteiger partial charge is 0.478 e. The smallest absolute Gasteiger partial charge is 0.338 e. The van der Waals surface area contributed by atoms with Gasteiger partial charge in [-0.2, -0.15) is 10.1 Å². The molecule has 0 bridgehead atoms. The second kappa shape index (κ2) is 9.42. The Bertz CT molecular complexity index is 1400. The van der Waals surface area contributed by atoms with Gasteiger partial charge >= 0.3 is 11.9 Å². The zero-order valence-corrected chi connectivity index (χ0v) is 19.8. The van der Waals surface area contributed by atoms with Crippen molar-refractivity contribution in [3.05, 3.63) is 82.1 Å². The summed E-state index contributed by atoms with van der Waals surface area (Å²) in [6.07, 6.45) is 1.60. The number of carboxylic acid groups (broad SMARTS) is 1. The Balaban J connectivity index is 1.64. The van der Waals surface area contributed by atoms with Crippen LogP contribution in [0.2, 0.25) is 0 Å². The van der Waals surface area contributed by atoms with Crippen LogP contribution in [0.3, 0.4) is 0 Å². The second-order valence-corrected chi connectivity index (χ2v) is 8.12. The quantitative estimate of drug-likeness (QED) is 0.388. The molecule has 1 aromatic heterocycles. The summed E-state index contributed by atoms with van der Waals surface area (Å²) in [5.74, 6) is -0.937. The predicted molar refractivity (Wildman–Crippen MR) is 132 cm³/mol. The number of aromatic carboxylic acids is 1. The average molecular weight is 472 g/mol. The third-order valence-corrected chi connectivity index (χ3v) is 5.73. The van der Waals surface area contributed by atoms with Gasteiger partial charge in [0.25, 0.3) is 5.91 Å². The fourth-order valence-electron chi connectivity index (χ4n) is 3.72. The summed E-state index contributed by atoms with van der Waals surface area (Å²) in [5.41, 5.74) is 4.40. The van der Waals surface area contributed by atoms with Gasteiger partial charge in [-0.1, -0.05) is 0 Å². The molecule has 0 spiro atoms. The third kappa shape index (κ3) is 4.63. The summed E-state index contributed by atoms with van der Waals surface area (Å²) < 4.78 is 11.2. The Hall–Kier alpha value is -4.46. The molecule has 2 aromatic carbocycles. The third-order valence-electron chi connectivity index (χ3n) is 5.73. The highest BCUT2D eigenvalue weighted by atomic mass is 16.5. The van der Waals surface area contributed by atoms with Gasteiger partial charge in [0, 0.05) is 5.56 Å². The van der Waals surface area contributed by atoms with E-state index in [0.29, 0.717) is 39.6 Å². The first-order chi connectivity index (χ1) is 16.7. The van der Waals surface area contributed by atoms with E-state index in [1.54, 1.807) is 38.1 Å². The van der Waals surface area contributed by atoms with Gasteiger partial charge in [-0.3, -0.25) is 4.79 Å². The number of carbonyl (C=O) groups excluding carboxylic acids is 2. The van der Waals surface area contributed by atoms with Crippen LogP contribution in [-0.4, -0.2) is 35.3 Å². The van der Waals surface area contributed by atoms with E-state index in [1.807, 2.05) is 19.9 Å². The first kappa shape index (κ1) is 23.7. The molecule has 0 saturated carbocycles.